The summed E-state index contributed by atoms with van der Waals surface area (Å²) in [6, 6.07) is 10.8. The lowest BCUT2D eigenvalue weighted by Gasteiger charge is -2.18. The van der Waals surface area contributed by atoms with Crippen molar-refractivity contribution in [1.29, 1.82) is 0 Å². The average Bonchev–Trinajstić information content (AvgIpc) is 3.19. The van der Waals surface area contributed by atoms with Crippen molar-refractivity contribution in [3.8, 4) is 11.5 Å². The van der Waals surface area contributed by atoms with Gasteiger partial charge in [-0.05, 0) is 36.8 Å². The summed E-state index contributed by atoms with van der Waals surface area (Å²) in [4.78, 5) is 24.7. The highest BCUT2D eigenvalue weighted by Gasteiger charge is 2.41. The van der Waals surface area contributed by atoms with Crippen LogP contribution in [0.4, 0.5) is 0 Å². The Morgan fingerprint density at radius 3 is 2.70 bits per heavy atom. The number of amides is 2. The van der Waals surface area contributed by atoms with Gasteiger partial charge in [-0.15, -0.1) is 0 Å². The lowest BCUT2D eigenvalue weighted by Crippen LogP contribution is -2.41. The van der Waals surface area contributed by atoms with Gasteiger partial charge in [0, 0.05) is 0 Å². The third-order valence-electron chi connectivity index (χ3n) is 4.47. The lowest BCUT2D eigenvalue weighted by molar-refractivity contribution is -0.121. The highest BCUT2D eigenvalue weighted by molar-refractivity contribution is 7.90. The van der Waals surface area contributed by atoms with Gasteiger partial charge >= 0.3 is 0 Å². The molecule has 4 rings (SSSR count). The molecule has 2 amide bonds. The monoisotopic (exact) mass is 388 g/mol. The Kier molecular flexibility index (Phi) is 4.03. The number of hydrogen-bond donors (Lipinski definition) is 1. The second-order valence-electron chi connectivity index (χ2n) is 6.21. The minimum Gasteiger partial charge on any atom is -0.454 e. The molecule has 1 atom stereocenters. The number of nitrogens with zero attached hydrogens (tertiary/aromatic N) is 1. The first-order chi connectivity index (χ1) is 12.9. The average molecular weight is 388 g/mol. The minimum atomic E-state index is -4.01. The van der Waals surface area contributed by atoms with Crippen LogP contribution in [0.5, 0.6) is 11.5 Å². The zero-order valence-corrected chi connectivity index (χ0v) is 15.2. The molecule has 9 heteroatoms. The van der Waals surface area contributed by atoms with Crippen LogP contribution in [0.3, 0.4) is 0 Å². The van der Waals surface area contributed by atoms with Crippen LogP contribution < -0.4 is 14.8 Å². The van der Waals surface area contributed by atoms with Gasteiger partial charge in [-0.2, -0.15) is 0 Å². The Morgan fingerprint density at radius 1 is 1.19 bits per heavy atom. The van der Waals surface area contributed by atoms with Gasteiger partial charge in [0.1, 0.15) is 11.4 Å². The highest BCUT2D eigenvalue weighted by Crippen LogP contribution is 2.34. The summed E-state index contributed by atoms with van der Waals surface area (Å²) in [7, 11) is -4.01. The van der Waals surface area contributed by atoms with Gasteiger partial charge in [0.05, 0.1) is 11.6 Å². The van der Waals surface area contributed by atoms with E-state index in [4.69, 9.17) is 9.47 Å². The van der Waals surface area contributed by atoms with Crippen LogP contribution in [0.25, 0.3) is 0 Å². The maximum absolute atomic E-state index is 12.5. The van der Waals surface area contributed by atoms with Crippen molar-refractivity contribution < 1.29 is 27.5 Å². The maximum atomic E-state index is 12.5. The second kappa shape index (κ2) is 6.27. The maximum Gasteiger partial charge on any atom is 0.269 e. The van der Waals surface area contributed by atoms with E-state index >= 15 is 0 Å². The Morgan fingerprint density at radius 2 is 1.93 bits per heavy atom. The first kappa shape index (κ1) is 17.3. The van der Waals surface area contributed by atoms with E-state index in [0.29, 0.717) is 15.8 Å². The third kappa shape index (κ3) is 2.89. The highest BCUT2D eigenvalue weighted by atomic mass is 32.2. The lowest BCUT2D eigenvalue weighted by atomic mass is 10.1. The van der Waals surface area contributed by atoms with Gasteiger partial charge in [-0.1, -0.05) is 18.2 Å². The molecule has 0 fully saturated rings. The number of fused-ring (bicyclic) bond motifs is 2. The van der Waals surface area contributed by atoms with E-state index in [2.05, 4.69) is 5.32 Å². The molecule has 1 N–H and O–H groups in total. The van der Waals surface area contributed by atoms with E-state index in [1.165, 1.54) is 18.2 Å². The van der Waals surface area contributed by atoms with Crippen LogP contribution in [-0.2, 0) is 14.8 Å². The molecule has 0 saturated heterocycles. The van der Waals surface area contributed by atoms with Crippen LogP contribution in [0.15, 0.2) is 47.4 Å². The van der Waals surface area contributed by atoms with Crippen molar-refractivity contribution in [3.63, 3.8) is 0 Å². The number of ether oxygens (including phenoxy) is 2. The van der Waals surface area contributed by atoms with E-state index in [0.717, 1.165) is 5.56 Å². The Hall–Kier alpha value is -3.07. The van der Waals surface area contributed by atoms with Crippen LogP contribution in [0.2, 0.25) is 0 Å². The summed E-state index contributed by atoms with van der Waals surface area (Å²) in [5, 5.41) is 2.71. The van der Waals surface area contributed by atoms with Crippen LogP contribution in [-0.4, -0.2) is 37.9 Å². The molecule has 140 valence electrons. The van der Waals surface area contributed by atoms with Gasteiger partial charge < -0.3 is 14.8 Å². The topological polar surface area (TPSA) is 102 Å². The van der Waals surface area contributed by atoms with Gasteiger partial charge in [0.15, 0.2) is 11.5 Å². The van der Waals surface area contributed by atoms with Gasteiger partial charge in [-0.3, -0.25) is 9.59 Å². The molecule has 2 aromatic rings. The summed E-state index contributed by atoms with van der Waals surface area (Å²) in [6.45, 7) is 1.32. The molecule has 2 aliphatic heterocycles. The fourth-order valence-electron chi connectivity index (χ4n) is 3.07. The molecule has 0 radical (unpaired) electrons. The van der Waals surface area contributed by atoms with E-state index < -0.39 is 34.4 Å². The molecular weight excluding hydrogens is 372 g/mol. The van der Waals surface area contributed by atoms with E-state index in [1.807, 2.05) is 0 Å². The number of sulfonamides is 1. The predicted octanol–water partition coefficient (Wildman–Crippen LogP) is 1.44. The Balaban J connectivity index is 1.48. The van der Waals surface area contributed by atoms with Crippen molar-refractivity contribution in [2.75, 3.05) is 13.3 Å². The smallest absolute Gasteiger partial charge is 0.269 e. The number of carbonyl (C=O) groups is 2. The fourth-order valence-corrected chi connectivity index (χ4v) is 4.60. The van der Waals surface area contributed by atoms with Gasteiger partial charge in [-0.25, -0.2) is 12.7 Å². The summed E-state index contributed by atoms with van der Waals surface area (Å²) in [5.41, 5.74) is 0.848. The molecule has 0 bridgehead atoms. The molecule has 0 saturated carbocycles. The number of benzene rings is 2. The number of carbonyl (C=O) groups excluding carboxylic acids is 2. The number of rotatable bonds is 4. The van der Waals surface area contributed by atoms with E-state index in [9.17, 15) is 18.0 Å². The van der Waals surface area contributed by atoms with Gasteiger partial charge in [0.25, 0.3) is 15.9 Å². The Bertz CT molecular complexity index is 1050. The van der Waals surface area contributed by atoms with E-state index in [1.54, 1.807) is 31.2 Å². The largest absolute Gasteiger partial charge is 0.454 e. The third-order valence-corrected chi connectivity index (χ3v) is 6.26. The van der Waals surface area contributed by atoms with Crippen molar-refractivity contribution in [1.82, 2.24) is 9.62 Å². The second-order valence-corrected chi connectivity index (χ2v) is 8.05. The number of nitrogens with one attached hydrogen (secondary N) is 1. The van der Waals surface area contributed by atoms with E-state index in [-0.39, 0.29) is 17.3 Å². The van der Waals surface area contributed by atoms with Crippen molar-refractivity contribution in [2.24, 2.45) is 0 Å². The summed E-state index contributed by atoms with van der Waals surface area (Å²) < 4.78 is 36.2. The molecule has 0 aliphatic carbocycles. The van der Waals surface area contributed by atoms with Crippen molar-refractivity contribution >= 4 is 21.8 Å². The number of hydrogen-bond acceptors (Lipinski definition) is 6. The molecule has 0 spiro atoms. The standard InChI is InChI=1S/C18H16N2O6S/c1-11(12-6-7-14-15(8-12)26-10-25-14)19-17(21)9-20-18(22)13-4-2-3-5-16(13)27(20,23)24/h2-8,11H,9-10H2,1H3,(H,19,21). The predicted molar refractivity (Wildman–Crippen MR) is 93.8 cm³/mol. The molecule has 8 nitrogen and oxygen atoms in total. The summed E-state index contributed by atoms with van der Waals surface area (Å²) in [6.07, 6.45) is 0. The van der Waals surface area contributed by atoms with Crippen LogP contribution in [0, 0.1) is 0 Å². The Labute approximate surface area is 155 Å². The zero-order chi connectivity index (χ0) is 19.2. The normalized spacial score (nSPS) is 17.5. The van der Waals surface area contributed by atoms with Crippen LogP contribution >= 0.6 is 0 Å². The summed E-state index contributed by atoms with van der Waals surface area (Å²) in [5.74, 6) is -0.0634. The zero-order valence-electron chi connectivity index (χ0n) is 14.3. The summed E-state index contributed by atoms with van der Waals surface area (Å²) >= 11 is 0. The van der Waals surface area contributed by atoms with Crippen molar-refractivity contribution in [3.05, 3.63) is 53.6 Å². The molecule has 2 heterocycles. The first-order valence-corrected chi connectivity index (χ1v) is 9.67. The molecule has 1 unspecified atom stereocenters. The molecular formula is C18H16N2O6S. The van der Waals surface area contributed by atoms with Crippen molar-refractivity contribution in [2.45, 2.75) is 17.9 Å². The molecule has 2 aromatic carbocycles. The quantitative estimate of drug-likeness (QED) is 0.850. The van der Waals surface area contributed by atoms with Gasteiger partial charge in [0.2, 0.25) is 12.7 Å². The molecule has 27 heavy (non-hydrogen) atoms. The van der Waals surface area contributed by atoms with Crippen LogP contribution in [0.1, 0.15) is 28.9 Å². The molecule has 2 aliphatic rings. The SMILES string of the molecule is CC(NC(=O)CN1C(=O)c2ccccc2S1(=O)=O)c1ccc2c(c1)OCO2. The fraction of sp³-hybridized carbons (Fsp3) is 0.222. The minimum absolute atomic E-state index is 0.0772. The first-order valence-electron chi connectivity index (χ1n) is 8.23. The molecule has 0 aromatic heterocycles.